The second-order valence-corrected chi connectivity index (χ2v) is 24.2. The average Bonchev–Trinajstić information content (AvgIpc) is 1.69. The van der Waals surface area contributed by atoms with Crippen molar-refractivity contribution < 1.29 is 46.6 Å². The second-order valence-electron chi connectivity index (χ2n) is 23.0. The summed E-state index contributed by atoms with van der Waals surface area (Å²) in [6.07, 6.45) is 7.46. The highest BCUT2D eigenvalue weighted by atomic mass is 35.5. The Morgan fingerprint density at radius 1 is 0.515 bits per heavy atom. The van der Waals surface area contributed by atoms with Gasteiger partial charge in [-0.1, -0.05) is 50.3 Å². The smallest absolute Gasteiger partial charge is 0.244 e. The molecule has 12 heterocycles. The van der Waals surface area contributed by atoms with Crippen molar-refractivity contribution in [3.63, 3.8) is 0 Å². The minimum atomic E-state index is -0.430. The number of carbonyl (C=O) groups is 3. The number of benzene rings is 3. The number of rotatable bonds is 15. The Morgan fingerprint density at radius 2 is 0.949 bits per heavy atom. The van der Waals surface area contributed by atoms with Crippen LogP contribution in [0.5, 0.6) is 17.2 Å². The van der Waals surface area contributed by atoms with E-state index in [2.05, 4.69) is 70.5 Å². The molecule has 0 spiro atoms. The van der Waals surface area contributed by atoms with Gasteiger partial charge in [0.05, 0.1) is 58.2 Å². The third-order valence-corrected chi connectivity index (χ3v) is 18.0. The lowest BCUT2D eigenvalue weighted by Gasteiger charge is -2.41. The molecule has 0 aliphatic carbocycles. The number of amides is 3. The molecule has 34 heteroatoms. The van der Waals surface area contributed by atoms with Gasteiger partial charge in [-0.05, 0) is 73.7 Å². The van der Waals surface area contributed by atoms with Gasteiger partial charge in [-0.25, -0.2) is 33.4 Å². The van der Waals surface area contributed by atoms with Gasteiger partial charge >= 0.3 is 0 Å². The fourth-order valence-electron chi connectivity index (χ4n) is 12.1. The largest absolute Gasteiger partial charge is 0.495 e. The quantitative estimate of drug-likeness (QED) is 0.0931. The van der Waals surface area contributed by atoms with Crippen molar-refractivity contribution in [1.82, 2.24) is 89.4 Å². The van der Waals surface area contributed by atoms with Crippen molar-refractivity contribution in [2.75, 3.05) is 108 Å². The Balaban J connectivity index is 0.000000133. The summed E-state index contributed by atoms with van der Waals surface area (Å²) in [7, 11) is 4.68. The maximum absolute atomic E-state index is 14.6. The number of ether oxygens (including phenoxy) is 3. The number of carbonyl (C=O) groups excluding carboxylic acids is 3. The van der Waals surface area contributed by atoms with E-state index in [1.54, 1.807) is 70.8 Å². The van der Waals surface area contributed by atoms with Gasteiger partial charge in [-0.3, -0.25) is 14.4 Å². The summed E-state index contributed by atoms with van der Waals surface area (Å²) in [5, 5.41) is 29.0. The Hall–Kier alpha value is -11.1. The van der Waals surface area contributed by atoms with Crippen LogP contribution in [0.2, 0.25) is 15.1 Å². The van der Waals surface area contributed by atoms with Gasteiger partial charge in [0.15, 0.2) is 16.9 Å². The minimum Gasteiger partial charge on any atom is -0.495 e. The van der Waals surface area contributed by atoms with E-state index >= 15 is 0 Å². The molecule has 3 amide bonds. The fraction of sp³-hybridized carbons (Fsp3) is 0.308. The number of anilines is 3. The average molecular weight is 1410 g/mol. The van der Waals surface area contributed by atoms with E-state index < -0.39 is 5.82 Å². The van der Waals surface area contributed by atoms with Gasteiger partial charge in [0, 0.05) is 133 Å². The molecule has 3 fully saturated rings. The van der Waals surface area contributed by atoms with Crippen LogP contribution in [-0.4, -0.2) is 207 Å². The predicted molar refractivity (Wildman–Crippen MR) is 362 cm³/mol. The lowest BCUT2D eigenvalue weighted by atomic mass is 10.1. The van der Waals surface area contributed by atoms with Crippen molar-refractivity contribution >= 4 is 103 Å². The Kier molecular flexibility index (Phi) is 19.7. The van der Waals surface area contributed by atoms with Gasteiger partial charge in [-0.2, -0.15) is 30.2 Å². The number of pyridine rings is 3. The van der Waals surface area contributed by atoms with Crippen LogP contribution < -0.4 is 28.9 Å². The summed E-state index contributed by atoms with van der Waals surface area (Å²) in [5.41, 5.74) is 5.78. The molecular formula is C65H63Cl3FN21O9. The fourth-order valence-corrected chi connectivity index (χ4v) is 12.7. The first-order valence-corrected chi connectivity index (χ1v) is 32.4. The molecule has 0 unspecified atom stereocenters. The van der Waals surface area contributed by atoms with Crippen molar-refractivity contribution in [1.29, 1.82) is 0 Å². The summed E-state index contributed by atoms with van der Waals surface area (Å²) < 4.78 is 50.0. The maximum atomic E-state index is 14.6. The maximum Gasteiger partial charge on any atom is 0.244 e. The van der Waals surface area contributed by atoms with Gasteiger partial charge < -0.3 is 57.2 Å². The summed E-state index contributed by atoms with van der Waals surface area (Å²) >= 11 is 18.3. The molecule has 0 saturated carbocycles. The van der Waals surface area contributed by atoms with E-state index in [9.17, 15) is 18.8 Å². The second kappa shape index (κ2) is 29.3. The minimum absolute atomic E-state index is 0.00116. The van der Waals surface area contributed by atoms with Crippen LogP contribution in [0.15, 0.2) is 130 Å². The highest BCUT2D eigenvalue weighted by molar-refractivity contribution is 6.32. The zero-order valence-corrected chi connectivity index (χ0v) is 56.3. The lowest BCUT2D eigenvalue weighted by Crippen LogP contribution is -2.55. The van der Waals surface area contributed by atoms with E-state index in [0.717, 1.165) is 27.5 Å². The number of hydrogen-bond acceptors (Lipinski definition) is 24. The SMILES string of the molecule is COc1cc(N2CCN(C(=O)Cn3nc(-c4ncon4)c4cccnc43)CC2)ccc1Cl.COc1cc(N2CCN(C(=O)Cn3nc(-c4ncon4)c4cccnc43)[C@@H](C)C2)c(F)cc1Cl.COc1cc(N2CCN(C(=O)Cn3nc(-c4noc(C)n4)c4cccnc43)CC2)ccc1Cl. The standard InChI is InChI=1S/C22H21ClFN7O3.C22H22ClN7O3.C21H20ClN7O3/c1-13-10-29(17-9-18(33-2)15(23)8-16(17)24)6-7-30(13)19(32)11-31-22-14(4-3-5-25-22)20(27-31)21-26-12-34-28-21;1-14-25-21(27-33-14)20-16-4-3-7-24-22(16)30(26-20)13-19(31)29-10-8-28(9-11-29)15-5-6-17(23)18(12-15)32-2;1-31-17-11-14(4-5-16(17)22)27-7-9-28(10-8-27)18(30)12-29-21-15(3-2-6-23-21)19(25-29)20-24-13-32-26-20/h3-5,8-9,12-13H,6-7,10-11H2,1-2H3;3-7,12H,8-11,13H2,1-2H3;2-6,11,13H,7-10,12H2,1H3/t13-;;/m0../s1. The number of aromatic nitrogens is 15. The third-order valence-electron chi connectivity index (χ3n) is 17.0. The Labute approximate surface area is 578 Å². The molecular weight excluding hydrogens is 1340 g/mol. The molecule has 99 heavy (non-hydrogen) atoms. The van der Waals surface area contributed by atoms with E-state index in [-0.39, 0.29) is 48.4 Å². The first-order chi connectivity index (χ1) is 48.1. The number of fused-ring (bicyclic) bond motifs is 3. The highest BCUT2D eigenvalue weighted by Crippen LogP contribution is 2.36. The molecule has 30 nitrogen and oxygen atoms in total. The first-order valence-electron chi connectivity index (χ1n) is 31.2. The monoisotopic (exact) mass is 1410 g/mol. The molecule has 3 saturated heterocycles. The van der Waals surface area contributed by atoms with E-state index in [0.29, 0.717) is 162 Å². The van der Waals surface area contributed by atoms with Crippen LogP contribution in [0.4, 0.5) is 21.5 Å². The zero-order chi connectivity index (χ0) is 68.8. The molecule has 0 radical (unpaired) electrons. The van der Waals surface area contributed by atoms with E-state index in [4.69, 9.17) is 62.6 Å². The van der Waals surface area contributed by atoms with Gasteiger partial charge in [0.2, 0.25) is 53.9 Å². The molecule has 3 aromatic carbocycles. The molecule has 510 valence electrons. The molecule has 1 atom stereocenters. The van der Waals surface area contributed by atoms with Crippen molar-refractivity contribution in [2.45, 2.75) is 39.5 Å². The molecule has 0 bridgehead atoms. The summed E-state index contributed by atoms with van der Waals surface area (Å²) in [5.74, 6) is 2.61. The number of halogens is 4. The molecule has 3 aliphatic heterocycles. The number of aryl methyl sites for hydroxylation is 1. The number of hydrogen-bond donors (Lipinski definition) is 0. The van der Waals surface area contributed by atoms with Crippen LogP contribution >= 0.6 is 34.8 Å². The van der Waals surface area contributed by atoms with Crippen molar-refractivity contribution in [3.8, 4) is 51.8 Å². The Bertz CT molecular complexity index is 4860. The topological polar surface area (TPSA) is 307 Å². The summed E-state index contributed by atoms with van der Waals surface area (Å²) in [4.78, 5) is 76.7. The number of methoxy groups -OCH3 is 3. The van der Waals surface area contributed by atoms with Gasteiger partial charge in [0.25, 0.3) is 0 Å². The number of piperazine rings is 3. The summed E-state index contributed by atoms with van der Waals surface area (Å²) in [6.45, 7) is 10.4. The first kappa shape index (κ1) is 66.6. The van der Waals surface area contributed by atoms with Crippen LogP contribution in [-0.2, 0) is 34.0 Å². The van der Waals surface area contributed by atoms with Crippen molar-refractivity contribution in [2.24, 2.45) is 0 Å². The number of nitrogens with zero attached hydrogens (tertiary/aromatic N) is 21. The Morgan fingerprint density at radius 3 is 1.36 bits per heavy atom. The van der Waals surface area contributed by atoms with Gasteiger partial charge in [0.1, 0.15) is 59.8 Å². The third kappa shape index (κ3) is 14.2. The normalized spacial score (nSPS) is 14.9. The van der Waals surface area contributed by atoms with Crippen LogP contribution in [0.25, 0.3) is 67.7 Å². The summed E-state index contributed by atoms with van der Waals surface area (Å²) in [6, 6.07) is 25.1. The van der Waals surface area contributed by atoms with Crippen LogP contribution in [0, 0.1) is 12.7 Å². The van der Waals surface area contributed by atoms with Crippen molar-refractivity contribution in [3.05, 3.63) is 143 Å². The van der Waals surface area contributed by atoms with Gasteiger partial charge in [-0.15, -0.1) is 0 Å². The molecule has 0 N–H and O–H groups in total. The van der Waals surface area contributed by atoms with E-state index in [1.165, 1.54) is 26.0 Å². The van der Waals surface area contributed by atoms with Crippen LogP contribution in [0.3, 0.4) is 0 Å². The van der Waals surface area contributed by atoms with Crippen LogP contribution in [0.1, 0.15) is 12.8 Å². The molecule has 9 aromatic heterocycles. The van der Waals surface area contributed by atoms with E-state index in [1.807, 2.05) is 88.4 Å². The lowest BCUT2D eigenvalue weighted by molar-refractivity contribution is -0.134. The zero-order valence-electron chi connectivity index (χ0n) is 54.0. The predicted octanol–water partition coefficient (Wildman–Crippen LogP) is 8.31. The molecule has 3 aliphatic rings. The highest BCUT2D eigenvalue weighted by Gasteiger charge is 2.32. The molecule has 15 rings (SSSR count). The molecule has 12 aromatic rings.